The number of ether oxygens (including phenoxy) is 2. The summed E-state index contributed by atoms with van der Waals surface area (Å²) in [4.78, 5) is 34.5. The molecule has 0 aliphatic heterocycles. The van der Waals surface area contributed by atoms with Crippen LogP contribution in [0.1, 0.15) is 10.4 Å². The van der Waals surface area contributed by atoms with Crippen molar-refractivity contribution < 1.29 is 32.8 Å². The number of nitrogens with zero attached hydrogens (tertiary/aromatic N) is 1. The molecular weight excluding hydrogens is 398 g/mol. The Hall–Kier alpha value is -3.21. The molecule has 11 heteroatoms. The summed E-state index contributed by atoms with van der Waals surface area (Å²) in [5.41, 5.74) is -0.204. The number of anilines is 1. The number of halogens is 2. The first-order chi connectivity index (χ1) is 13.3. The van der Waals surface area contributed by atoms with Gasteiger partial charge in [0.1, 0.15) is 11.3 Å². The van der Waals surface area contributed by atoms with Crippen molar-refractivity contribution in [2.75, 3.05) is 19.0 Å². The number of hydrogen-bond acceptors (Lipinski definition) is 7. The number of hydrogen-bond donors (Lipinski definition) is 1. The van der Waals surface area contributed by atoms with Crippen molar-refractivity contribution >= 4 is 35.0 Å². The summed E-state index contributed by atoms with van der Waals surface area (Å²) in [6, 6.07) is 9.06. The van der Waals surface area contributed by atoms with Crippen LogP contribution in [-0.4, -0.2) is 36.3 Å². The Balaban J connectivity index is 1.96. The monoisotopic (exact) mass is 412 g/mol. The zero-order valence-corrected chi connectivity index (χ0v) is 15.2. The quantitative estimate of drug-likeness (QED) is 0.305. The van der Waals surface area contributed by atoms with Crippen LogP contribution in [0.15, 0.2) is 47.4 Å². The second-order valence-electron chi connectivity index (χ2n) is 5.17. The molecule has 0 atom stereocenters. The average molecular weight is 412 g/mol. The van der Waals surface area contributed by atoms with Crippen molar-refractivity contribution in [1.82, 2.24) is 0 Å². The number of nitrogens with one attached hydrogen (secondary N) is 1. The van der Waals surface area contributed by atoms with Gasteiger partial charge >= 0.3 is 5.97 Å². The maximum atomic E-state index is 12.3. The fourth-order valence-electron chi connectivity index (χ4n) is 2.09. The molecule has 0 radical (unpaired) electrons. The summed E-state index contributed by atoms with van der Waals surface area (Å²) < 4.78 is 34.4. The number of nitro groups is 1. The molecule has 0 heterocycles. The smallest absolute Gasteiger partial charge is 0.342 e. The minimum absolute atomic E-state index is 0.0585. The van der Waals surface area contributed by atoms with Crippen LogP contribution in [-0.2, 0) is 9.53 Å². The van der Waals surface area contributed by atoms with E-state index < -0.39 is 29.2 Å². The van der Waals surface area contributed by atoms with Crippen LogP contribution in [0.3, 0.4) is 0 Å². The summed E-state index contributed by atoms with van der Waals surface area (Å²) in [7, 11) is 1.28. The van der Waals surface area contributed by atoms with Crippen LogP contribution in [0.2, 0.25) is 0 Å². The van der Waals surface area contributed by atoms with Crippen molar-refractivity contribution in [2.45, 2.75) is 10.7 Å². The molecule has 0 unspecified atom stereocenters. The maximum absolute atomic E-state index is 12.3. The lowest BCUT2D eigenvalue weighted by Crippen LogP contribution is -2.21. The predicted molar refractivity (Wildman–Crippen MR) is 96.9 cm³/mol. The predicted octanol–water partition coefficient (Wildman–Crippen LogP) is 3.71. The van der Waals surface area contributed by atoms with Crippen molar-refractivity contribution in [3.63, 3.8) is 0 Å². The third-order valence-electron chi connectivity index (χ3n) is 3.31. The Morgan fingerprint density at radius 2 is 1.89 bits per heavy atom. The van der Waals surface area contributed by atoms with Gasteiger partial charge in [-0.1, -0.05) is 11.8 Å². The number of non-ortho nitro benzene ring substituents is 1. The fraction of sp³-hybridized carbons (Fsp3) is 0.176. The molecule has 0 aliphatic rings. The standard InChI is InChI=1S/C17H14F2N2O6S/c1-26-14-7-4-11(21(24)25)8-13(14)16(23)27-9-15(22)20-10-2-5-12(6-3-10)28-17(18)19/h2-8,17H,9H2,1H3,(H,20,22). The van der Waals surface area contributed by atoms with E-state index in [1.165, 1.54) is 37.4 Å². The van der Waals surface area contributed by atoms with Crippen LogP contribution in [0.25, 0.3) is 0 Å². The van der Waals surface area contributed by atoms with Crippen molar-refractivity contribution in [1.29, 1.82) is 0 Å². The molecule has 2 aromatic rings. The van der Waals surface area contributed by atoms with E-state index in [1.807, 2.05) is 0 Å². The summed E-state index contributed by atoms with van der Waals surface area (Å²) >= 11 is 0.369. The van der Waals surface area contributed by atoms with E-state index in [4.69, 9.17) is 9.47 Å². The second kappa shape index (κ2) is 9.65. The molecule has 2 rings (SSSR count). The number of nitro benzene ring substituents is 1. The third kappa shape index (κ3) is 5.91. The van der Waals surface area contributed by atoms with Crippen molar-refractivity contribution in [3.8, 4) is 5.75 Å². The Morgan fingerprint density at radius 1 is 1.21 bits per heavy atom. The Labute approximate surface area is 162 Å². The van der Waals surface area contributed by atoms with E-state index >= 15 is 0 Å². The number of esters is 1. The molecule has 0 saturated heterocycles. The van der Waals surface area contributed by atoms with Crippen molar-refractivity contribution in [2.24, 2.45) is 0 Å². The first-order valence-electron chi connectivity index (χ1n) is 7.64. The van der Waals surface area contributed by atoms with E-state index in [-0.39, 0.29) is 17.0 Å². The maximum Gasteiger partial charge on any atom is 0.342 e. The van der Waals surface area contributed by atoms with Crippen LogP contribution in [0.5, 0.6) is 5.75 Å². The van der Waals surface area contributed by atoms with Gasteiger partial charge in [-0.05, 0) is 30.3 Å². The number of methoxy groups -OCH3 is 1. The van der Waals surface area contributed by atoms with Gasteiger partial charge in [-0.25, -0.2) is 4.79 Å². The second-order valence-corrected chi connectivity index (χ2v) is 6.23. The molecule has 148 valence electrons. The van der Waals surface area contributed by atoms with Gasteiger partial charge < -0.3 is 14.8 Å². The van der Waals surface area contributed by atoms with Gasteiger partial charge in [-0.3, -0.25) is 14.9 Å². The zero-order valence-electron chi connectivity index (χ0n) is 14.4. The highest BCUT2D eigenvalue weighted by molar-refractivity contribution is 7.99. The number of carbonyl (C=O) groups excluding carboxylic acids is 2. The number of benzene rings is 2. The normalized spacial score (nSPS) is 10.4. The molecule has 0 aliphatic carbocycles. The Morgan fingerprint density at radius 3 is 2.46 bits per heavy atom. The van der Waals surface area contributed by atoms with Crippen LogP contribution in [0.4, 0.5) is 20.2 Å². The third-order valence-corrected chi connectivity index (χ3v) is 4.03. The summed E-state index contributed by atoms with van der Waals surface area (Å²) in [5, 5.41) is 13.3. The Bertz CT molecular complexity index is 876. The van der Waals surface area contributed by atoms with Gasteiger partial charge in [0.15, 0.2) is 6.61 Å². The van der Waals surface area contributed by atoms with Crippen LogP contribution >= 0.6 is 11.8 Å². The van der Waals surface area contributed by atoms with Gasteiger partial charge in [0.05, 0.1) is 12.0 Å². The van der Waals surface area contributed by atoms with Gasteiger partial charge in [0, 0.05) is 22.7 Å². The lowest BCUT2D eigenvalue weighted by molar-refractivity contribution is -0.384. The molecule has 1 amide bonds. The van der Waals surface area contributed by atoms with E-state index in [9.17, 15) is 28.5 Å². The van der Waals surface area contributed by atoms with Crippen molar-refractivity contribution in [3.05, 3.63) is 58.1 Å². The number of amides is 1. The molecule has 0 saturated carbocycles. The topological polar surface area (TPSA) is 108 Å². The molecule has 2 aromatic carbocycles. The van der Waals surface area contributed by atoms with Crippen LogP contribution < -0.4 is 10.1 Å². The molecule has 0 spiro atoms. The summed E-state index contributed by atoms with van der Waals surface area (Å²) in [6.45, 7) is -0.655. The average Bonchev–Trinajstić information content (AvgIpc) is 2.66. The largest absolute Gasteiger partial charge is 0.496 e. The number of thioether (sulfide) groups is 1. The summed E-state index contributed by atoms with van der Waals surface area (Å²) in [5.74, 6) is -4.14. The van der Waals surface area contributed by atoms with E-state index in [2.05, 4.69) is 5.32 Å². The van der Waals surface area contributed by atoms with Gasteiger partial charge in [0.2, 0.25) is 0 Å². The number of alkyl halides is 2. The number of rotatable bonds is 8. The highest BCUT2D eigenvalue weighted by atomic mass is 32.2. The fourth-order valence-corrected chi connectivity index (χ4v) is 2.59. The highest BCUT2D eigenvalue weighted by Gasteiger charge is 2.19. The van der Waals surface area contributed by atoms with Gasteiger partial charge in [-0.15, -0.1) is 0 Å². The highest BCUT2D eigenvalue weighted by Crippen LogP contribution is 2.26. The van der Waals surface area contributed by atoms with E-state index in [0.29, 0.717) is 22.3 Å². The minimum atomic E-state index is -2.55. The lowest BCUT2D eigenvalue weighted by Gasteiger charge is -2.09. The zero-order chi connectivity index (χ0) is 20.7. The van der Waals surface area contributed by atoms with Crippen LogP contribution in [0, 0.1) is 10.1 Å². The van der Waals surface area contributed by atoms with E-state index in [0.717, 1.165) is 12.1 Å². The molecule has 0 bridgehead atoms. The SMILES string of the molecule is COc1ccc([N+](=O)[O-])cc1C(=O)OCC(=O)Nc1ccc(SC(F)F)cc1. The number of carbonyl (C=O) groups is 2. The molecule has 1 N–H and O–H groups in total. The van der Waals surface area contributed by atoms with Gasteiger partial charge in [-0.2, -0.15) is 8.78 Å². The lowest BCUT2D eigenvalue weighted by atomic mass is 10.2. The molecule has 28 heavy (non-hydrogen) atoms. The summed E-state index contributed by atoms with van der Waals surface area (Å²) in [6.07, 6.45) is 0. The Kier molecular flexibility index (Phi) is 7.27. The van der Waals surface area contributed by atoms with E-state index in [1.54, 1.807) is 0 Å². The van der Waals surface area contributed by atoms with Gasteiger partial charge in [0.25, 0.3) is 17.4 Å². The first-order valence-corrected chi connectivity index (χ1v) is 8.52. The molecule has 0 aromatic heterocycles. The molecule has 0 fully saturated rings. The molecular formula is C17H14F2N2O6S. The minimum Gasteiger partial charge on any atom is -0.496 e. The molecule has 8 nitrogen and oxygen atoms in total. The first kappa shape index (κ1) is 21.1.